The SMILES string of the molecule is COc1ccc2cc(C(=O)NC[C@H]3CCS(=O)(=O)C3)[nH]c2c1. The molecule has 0 unspecified atom stereocenters. The molecule has 118 valence electrons. The van der Waals surface area contributed by atoms with Crippen molar-refractivity contribution in [3.63, 3.8) is 0 Å². The molecule has 2 heterocycles. The Balaban J connectivity index is 1.67. The van der Waals surface area contributed by atoms with Gasteiger partial charge in [0.2, 0.25) is 0 Å². The van der Waals surface area contributed by atoms with Gasteiger partial charge in [0.25, 0.3) is 5.91 Å². The first-order valence-electron chi connectivity index (χ1n) is 7.12. The van der Waals surface area contributed by atoms with Crippen molar-refractivity contribution in [2.24, 2.45) is 5.92 Å². The number of hydrogen-bond acceptors (Lipinski definition) is 4. The topological polar surface area (TPSA) is 88.3 Å². The molecule has 1 atom stereocenters. The second kappa shape index (κ2) is 5.64. The van der Waals surface area contributed by atoms with Crippen LogP contribution < -0.4 is 10.1 Å². The number of ether oxygens (including phenoxy) is 1. The van der Waals surface area contributed by atoms with Crippen LogP contribution in [0.4, 0.5) is 0 Å². The normalized spacial score (nSPS) is 20.1. The van der Waals surface area contributed by atoms with Crippen molar-refractivity contribution in [2.45, 2.75) is 6.42 Å². The van der Waals surface area contributed by atoms with E-state index in [9.17, 15) is 13.2 Å². The summed E-state index contributed by atoms with van der Waals surface area (Å²) >= 11 is 0. The standard InChI is InChI=1S/C15H18N2O4S/c1-21-12-3-2-11-6-14(17-13(11)7-12)15(18)16-8-10-4-5-22(19,20)9-10/h2-3,6-7,10,17H,4-5,8-9H2,1H3,(H,16,18)/t10-/m1/s1. The van der Waals surface area contributed by atoms with E-state index in [0.717, 1.165) is 16.7 Å². The number of methoxy groups -OCH3 is 1. The molecule has 1 fully saturated rings. The number of fused-ring (bicyclic) bond motifs is 1. The zero-order chi connectivity index (χ0) is 15.7. The number of benzene rings is 1. The Morgan fingerprint density at radius 3 is 2.91 bits per heavy atom. The van der Waals surface area contributed by atoms with E-state index < -0.39 is 9.84 Å². The van der Waals surface area contributed by atoms with Crippen LogP contribution in [0.3, 0.4) is 0 Å². The van der Waals surface area contributed by atoms with Gasteiger partial charge in [-0.1, -0.05) is 0 Å². The van der Waals surface area contributed by atoms with Crippen LogP contribution in [-0.2, 0) is 9.84 Å². The average Bonchev–Trinajstić information content (AvgIpc) is 3.06. The summed E-state index contributed by atoms with van der Waals surface area (Å²) in [6.45, 7) is 0.386. The van der Waals surface area contributed by atoms with Gasteiger partial charge in [0.15, 0.2) is 9.84 Å². The van der Waals surface area contributed by atoms with Gasteiger partial charge in [-0.2, -0.15) is 0 Å². The van der Waals surface area contributed by atoms with E-state index in [1.54, 1.807) is 13.2 Å². The number of hydrogen-bond donors (Lipinski definition) is 2. The number of nitrogens with one attached hydrogen (secondary N) is 2. The van der Waals surface area contributed by atoms with Crippen LogP contribution in [-0.4, -0.2) is 44.5 Å². The molecule has 2 N–H and O–H groups in total. The highest BCUT2D eigenvalue weighted by molar-refractivity contribution is 7.91. The number of aromatic amines is 1. The number of aromatic nitrogens is 1. The van der Waals surface area contributed by atoms with Crippen molar-refractivity contribution in [1.82, 2.24) is 10.3 Å². The van der Waals surface area contributed by atoms with E-state index in [0.29, 0.717) is 18.7 Å². The highest BCUT2D eigenvalue weighted by Crippen LogP contribution is 2.21. The quantitative estimate of drug-likeness (QED) is 0.889. The molecule has 2 aromatic rings. The Morgan fingerprint density at radius 2 is 2.23 bits per heavy atom. The fourth-order valence-electron chi connectivity index (χ4n) is 2.72. The van der Waals surface area contributed by atoms with Crippen molar-refractivity contribution < 1.29 is 17.9 Å². The van der Waals surface area contributed by atoms with Crippen molar-refractivity contribution >= 4 is 26.6 Å². The van der Waals surface area contributed by atoms with E-state index in [2.05, 4.69) is 10.3 Å². The van der Waals surface area contributed by atoms with Crippen LogP contribution in [0, 0.1) is 5.92 Å². The molecular weight excluding hydrogens is 304 g/mol. The molecule has 0 saturated carbocycles. The lowest BCUT2D eigenvalue weighted by Gasteiger charge is -2.08. The van der Waals surface area contributed by atoms with Gasteiger partial charge >= 0.3 is 0 Å². The minimum absolute atomic E-state index is 0.0124. The van der Waals surface area contributed by atoms with Crippen molar-refractivity contribution in [3.8, 4) is 5.75 Å². The number of H-pyrrole nitrogens is 1. The molecule has 1 saturated heterocycles. The molecule has 0 aliphatic carbocycles. The third-order valence-corrected chi connectivity index (χ3v) is 5.79. The second-order valence-electron chi connectivity index (χ2n) is 5.62. The molecule has 1 aliphatic rings. The summed E-state index contributed by atoms with van der Waals surface area (Å²) in [5, 5.41) is 3.73. The monoisotopic (exact) mass is 322 g/mol. The third-order valence-electron chi connectivity index (χ3n) is 3.95. The van der Waals surface area contributed by atoms with Gasteiger partial charge in [0.1, 0.15) is 11.4 Å². The first-order valence-corrected chi connectivity index (χ1v) is 8.94. The summed E-state index contributed by atoms with van der Waals surface area (Å²) < 4.78 is 28.0. The lowest BCUT2D eigenvalue weighted by atomic mass is 10.1. The van der Waals surface area contributed by atoms with Gasteiger partial charge in [-0.3, -0.25) is 4.79 Å². The van der Waals surface area contributed by atoms with Crippen LogP contribution in [0.2, 0.25) is 0 Å². The highest BCUT2D eigenvalue weighted by Gasteiger charge is 2.28. The molecule has 7 heteroatoms. The van der Waals surface area contributed by atoms with Gasteiger partial charge in [0.05, 0.1) is 18.6 Å². The van der Waals surface area contributed by atoms with E-state index in [4.69, 9.17) is 4.74 Å². The molecule has 1 aromatic carbocycles. The van der Waals surface area contributed by atoms with E-state index in [1.807, 2.05) is 18.2 Å². The number of rotatable bonds is 4. The molecule has 0 spiro atoms. The van der Waals surface area contributed by atoms with Crippen LogP contribution in [0.1, 0.15) is 16.9 Å². The maximum Gasteiger partial charge on any atom is 0.267 e. The fraction of sp³-hybridized carbons (Fsp3) is 0.400. The smallest absolute Gasteiger partial charge is 0.267 e. The summed E-state index contributed by atoms with van der Waals surface area (Å²) in [5.74, 6) is 0.895. The highest BCUT2D eigenvalue weighted by atomic mass is 32.2. The maximum absolute atomic E-state index is 12.2. The Kier molecular flexibility index (Phi) is 3.82. The number of sulfone groups is 1. The van der Waals surface area contributed by atoms with Gasteiger partial charge in [0, 0.05) is 23.5 Å². The molecule has 1 aliphatic heterocycles. The number of carbonyl (C=O) groups excluding carboxylic acids is 1. The predicted molar refractivity (Wildman–Crippen MR) is 83.9 cm³/mol. The van der Waals surface area contributed by atoms with Crippen LogP contribution in [0.25, 0.3) is 10.9 Å². The van der Waals surface area contributed by atoms with Crippen LogP contribution in [0.15, 0.2) is 24.3 Å². The van der Waals surface area contributed by atoms with Crippen LogP contribution >= 0.6 is 0 Å². The zero-order valence-corrected chi connectivity index (χ0v) is 13.1. The summed E-state index contributed by atoms with van der Waals surface area (Å²) in [5.41, 5.74) is 1.29. The summed E-state index contributed by atoms with van der Waals surface area (Å²) in [6, 6.07) is 7.32. The molecule has 1 aromatic heterocycles. The molecule has 0 radical (unpaired) electrons. The first-order chi connectivity index (χ1) is 10.5. The summed E-state index contributed by atoms with van der Waals surface area (Å²) in [6.07, 6.45) is 0.618. The van der Waals surface area contributed by atoms with Gasteiger partial charge in [-0.25, -0.2) is 8.42 Å². The summed E-state index contributed by atoms with van der Waals surface area (Å²) in [4.78, 5) is 15.2. The molecule has 1 amide bonds. The Bertz CT molecular complexity index is 810. The maximum atomic E-state index is 12.2. The number of carbonyl (C=O) groups is 1. The Morgan fingerprint density at radius 1 is 1.41 bits per heavy atom. The van der Waals surface area contributed by atoms with E-state index >= 15 is 0 Å². The Hall–Kier alpha value is -2.02. The predicted octanol–water partition coefficient (Wildman–Crippen LogP) is 1.34. The fourth-order valence-corrected chi connectivity index (χ4v) is 4.58. The lowest BCUT2D eigenvalue weighted by molar-refractivity contribution is 0.0944. The van der Waals surface area contributed by atoms with Gasteiger partial charge < -0.3 is 15.0 Å². The minimum Gasteiger partial charge on any atom is -0.497 e. The first kappa shape index (κ1) is 14.9. The van der Waals surface area contributed by atoms with E-state index in [-0.39, 0.29) is 23.3 Å². The second-order valence-corrected chi connectivity index (χ2v) is 7.84. The van der Waals surface area contributed by atoms with Crippen molar-refractivity contribution in [3.05, 3.63) is 30.0 Å². The minimum atomic E-state index is -2.91. The molecule has 3 rings (SSSR count). The zero-order valence-electron chi connectivity index (χ0n) is 12.3. The Labute approximate surface area is 128 Å². The molecular formula is C15H18N2O4S. The molecule has 6 nitrogen and oxygen atoms in total. The third kappa shape index (κ3) is 3.09. The van der Waals surface area contributed by atoms with Crippen molar-refractivity contribution in [2.75, 3.05) is 25.2 Å². The average molecular weight is 322 g/mol. The largest absolute Gasteiger partial charge is 0.497 e. The van der Waals surface area contributed by atoms with Crippen LogP contribution in [0.5, 0.6) is 5.75 Å². The van der Waals surface area contributed by atoms with Gasteiger partial charge in [-0.15, -0.1) is 0 Å². The molecule has 0 bridgehead atoms. The summed E-state index contributed by atoms with van der Waals surface area (Å²) in [7, 11) is -1.32. The van der Waals surface area contributed by atoms with Gasteiger partial charge in [-0.05, 0) is 30.5 Å². The number of amides is 1. The lowest BCUT2D eigenvalue weighted by Crippen LogP contribution is -2.30. The molecule has 22 heavy (non-hydrogen) atoms. The van der Waals surface area contributed by atoms with Crippen molar-refractivity contribution in [1.29, 1.82) is 0 Å². The van der Waals surface area contributed by atoms with E-state index in [1.165, 1.54) is 0 Å².